The van der Waals surface area contributed by atoms with Crippen LogP contribution in [0.15, 0.2) is 57.7 Å². The average molecular weight is 351 g/mol. The molecular formula is C19H17N3O4. The molecule has 132 valence electrons. The normalized spacial score (nSPS) is 16.9. The summed E-state index contributed by atoms with van der Waals surface area (Å²) >= 11 is 0. The van der Waals surface area contributed by atoms with Crippen LogP contribution in [-0.2, 0) is 16.1 Å². The minimum atomic E-state index is -0.579. The Kier molecular flexibility index (Phi) is 3.84. The van der Waals surface area contributed by atoms with Gasteiger partial charge in [-0.3, -0.25) is 14.2 Å². The lowest BCUT2D eigenvalue weighted by Crippen LogP contribution is -2.42. The molecule has 0 fully saturated rings. The largest absolute Gasteiger partial charge is 0.420 e. The average Bonchev–Trinajstić information content (AvgIpc) is 2.84. The van der Waals surface area contributed by atoms with Gasteiger partial charge in [-0.25, -0.2) is 4.79 Å². The minimum Gasteiger partial charge on any atom is -0.408 e. The first-order valence-corrected chi connectivity index (χ1v) is 8.34. The molecule has 7 nitrogen and oxygen atoms in total. The summed E-state index contributed by atoms with van der Waals surface area (Å²) < 4.78 is 6.51. The molecule has 1 unspecified atom stereocenters. The van der Waals surface area contributed by atoms with Gasteiger partial charge in [-0.2, -0.15) is 0 Å². The fourth-order valence-corrected chi connectivity index (χ4v) is 3.34. The van der Waals surface area contributed by atoms with Crippen LogP contribution >= 0.6 is 0 Å². The highest BCUT2D eigenvalue weighted by Crippen LogP contribution is 2.31. The summed E-state index contributed by atoms with van der Waals surface area (Å²) in [5, 5.41) is 2.82. The quantitative estimate of drug-likeness (QED) is 0.768. The maximum Gasteiger partial charge on any atom is 0.420 e. The minimum absolute atomic E-state index is 0.147. The number of nitrogens with one attached hydrogen (secondary N) is 1. The maximum atomic E-state index is 13.1. The molecule has 1 aliphatic heterocycles. The molecule has 0 saturated heterocycles. The molecule has 1 aromatic heterocycles. The molecular weight excluding hydrogens is 334 g/mol. The lowest BCUT2D eigenvalue weighted by Gasteiger charge is -2.27. The Labute approximate surface area is 148 Å². The maximum absolute atomic E-state index is 13.1. The summed E-state index contributed by atoms with van der Waals surface area (Å²) in [6.07, 6.45) is 0.182. The van der Waals surface area contributed by atoms with E-state index in [0.29, 0.717) is 22.5 Å². The lowest BCUT2D eigenvalue weighted by molar-refractivity contribution is -0.119. The number of rotatable bonds is 2. The Balaban J connectivity index is 1.74. The fourth-order valence-electron chi connectivity index (χ4n) is 3.34. The summed E-state index contributed by atoms with van der Waals surface area (Å²) in [5.41, 5.74) is 2.21. The van der Waals surface area contributed by atoms with Crippen molar-refractivity contribution >= 4 is 34.3 Å². The highest BCUT2D eigenvalue weighted by Gasteiger charge is 2.30. The van der Waals surface area contributed by atoms with Crippen molar-refractivity contribution in [3.63, 3.8) is 0 Å². The van der Waals surface area contributed by atoms with Crippen LogP contribution in [0.2, 0.25) is 0 Å². The lowest BCUT2D eigenvalue weighted by atomic mass is 10.1. The van der Waals surface area contributed by atoms with Crippen molar-refractivity contribution in [2.45, 2.75) is 25.9 Å². The number of oxazole rings is 1. The van der Waals surface area contributed by atoms with Crippen molar-refractivity contribution in [3.8, 4) is 0 Å². The number of carbonyl (C=O) groups is 2. The van der Waals surface area contributed by atoms with E-state index in [1.807, 2.05) is 13.0 Å². The third kappa shape index (κ3) is 2.67. The number of nitrogens with zero attached hydrogens (tertiary/aromatic N) is 2. The van der Waals surface area contributed by atoms with Crippen LogP contribution in [0.3, 0.4) is 0 Å². The number of amides is 2. The van der Waals surface area contributed by atoms with E-state index in [-0.39, 0.29) is 30.8 Å². The highest BCUT2D eigenvalue weighted by molar-refractivity contribution is 6.04. The number of para-hydroxylation sites is 4. The molecule has 2 amide bonds. The monoisotopic (exact) mass is 351 g/mol. The van der Waals surface area contributed by atoms with Crippen molar-refractivity contribution in [1.29, 1.82) is 0 Å². The molecule has 1 aliphatic rings. The van der Waals surface area contributed by atoms with E-state index < -0.39 is 5.76 Å². The molecule has 26 heavy (non-hydrogen) atoms. The summed E-state index contributed by atoms with van der Waals surface area (Å²) in [7, 11) is 0. The Morgan fingerprint density at radius 1 is 1.15 bits per heavy atom. The van der Waals surface area contributed by atoms with Crippen molar-refractivity contribution in [1.82, 2.24) is 4.57 Å². The first-order chi connectivity index (χ1) is 12.5. The highest BCUT2D eigenvalue weighted by atomic mass is 16.4. The van der Waals surface area contributed by atoms with Gasteiger partial charge in [-0.1, -0.05) is 24.3 Å². The number of aromatic nitrogens is 1. The van der Waals surface area contributed by atoms with E-state index in [0.717, 1.165) is 0 Å². The van der Waals surface area contributed by atoms with Crippen molar-refractivity contribution < 1.29 is 14.0 Å². The number of carbonyl (C=O) groups excluding carboxylic acids is 2. The van der Waals surface area contributed by atoms with Gasteiger partial charge in [0, 0.05) is 12.5 Å². The van der Waals surface area contributed by atoms with E-state index >= 15 is 0 Å². The standard InChI is InChI=1S/C19H17N3O4/c1-12-10-17(23)20-13-6-2-3-7-14(13)22(12)18(24)11-21-15-8-4-5-9-16(15)26-19(21)25/h2-9,12H,10-11H2,1H3,(H,20,23). The second kappa shape index (κ2) is 6.18. The molecule has 0 spiro atoms. The van der Waals surface area contributed by atoms with E-state index in [1.54, 1.807) is 47.4 Å². The van der Waals surface area contributed by atoms with Crippen LogP contribution in [0.25, 0.3) is 11.1 Å². The van der Waals surface area contributed by atoms with E-state index in [9.17, 15) is 14.4 Å². The SMILES string of the molecule is CC1CC(=O)Nc2ccccc2N1C(=O)Cn1c(=O)oc2ccccc21. The van der Waals surface area contributed by atoms with Crippen molar-refractivity contribution in [2.75, 3.05) is 10.2 Å². The van der Waals surface area contributed by atoms with Crippen LogP contribution < -0.4 is 16.0 Å². The molecule has 0 radical (unpaired) electrons. The summed E-state index contributed by atoms with van der Waals surface area (Å²) in [5.74, 6) is -1.01. The molecule has 4 rings (SSSR count). The van der Waals surface area contributed by atoms with Gasteiger partial charge >= 0.3 is 5.76 Å². The van der Waals surface area contributed by atoms with Gasteiger partial charge in [0.05, 0.1) is 16.9 Å². The Morgan fingerprint density at radius 2 is 1.88 bits per heavy atom. The predicted octanol–water partition coefficient (Wildman–Crippen LogP) is 2.36. The van der Waals surface area contributed by atoms with Crippen LogP contribution in [0.1, 0.15) is 13.3 Å². The van der Waals surface area contributed by atoms with Gasteiger partial charge in [0.15, 0.2) is 5.58 Å². The van der Waals surface area contributed by atoms with Crippen LogP contribution in [0.4, 0.5) is 11.4 Å². The fraction of sp³-hybridized carbons (Fsp3) is 0.211. The van der Waals surface area contributed by atoms with E-state index in [1.165, 1.54) is 4.57 Å². The number of hydrogen-bond acceptors (Lipinski definition) is 4. The Hall–Kier alpha value is -3.35. The smallest absolute Gasteiger partial charge is 0.408 e. The van der Waals surface area contributed by atoms with Crippen LogP contribution in [0.5, 0.6) is 0 Å². The van der Waals surface area contributed by atoms with Crippen molar-refractivity contribution in [2.24, 2.45) is 0 Å². The van der Waals surface area contributed by atoms with Gasteiger partial charge in [0.25, 0.3) is 0 Å². The molecule has 7 heteroatoms. The molecule has 1 N–H and O–H groups in total. The number of benzene rings is 2. The second-order valence-electron chi connectivity index (χ2n) is 6.30. The summed E-state index contributed by atoms with van der Waals surface area (Å²) in [6, 6.07) is 13.8. The topological polar surface area (TPSA) is 84.5 Å². The number of anilines is 2. The van der Waals surface area contributed by atoms with Gasteiger partial charge in [-0.05, 0) is 31.2 Å². The zero-order valence-corrected chi connectivity index (χ0v) is 14.1. The van der Waals surface area contributed by atoms with Gasteiger partial charge in [0.2, 0.25) is 11.8 Å². The second-order valence-corrected chi connectivity index (χ2v) is 6.30. The van der Waals surface area contributed by atoms with E-state index in [4.69, 9.17) is 4.42 Å². The predicted molar refractivity (Wildman–Crippen MR) is 97.1 cm³/mol. The Morgan fingerprint density at radius 3 is 2.73 bits per heavy atom. The van der Waals surface area contributed by atoms with Gasteiger partial charge in [0.1, 0.15) is 6.54 Å². The van der Waals surface area contributed by atoms with Crippen molar-refractivity contribution in [3.05, 3.63) is 59.1 Å². The zero-order valence-electron chi connectivity index (χ0n) is 14.1. The number of fused-ring (bicyclic) bond motifs is 2. The molecule has 0 bridgehead atoms. The summed E-state index contributed by atoms with van der Waals surface area (Å²) in [4.78, 5) is 38.9. The first kappa shape index (κ1) is 16.1. The molecule has 2 heterocycles. The molecule has 0 aliphatic carbocycles. The molecule has 0 saturated carbocycles. The Bertz CT molecular complexity index is 1070. The third-order valence-electron chi connectivity index (χ3n) is 4.50. The molecule has 1 atom stereocenters. The third-order valence-corrected chi connectivity index (χ3v) is 4.50. The molecule has 3 aromatic rings. The first-order valence-electron chi connectivity index (χ1n) is 8.34. The van der Waals surface area contributed by atoms with Crippen LogP contribution in [0, 0.1) is 0 Å². The van der Waals surface area contributed by atoms with Crippen LogP contribution in [-0.4, -0.2) is 22.4 Å². The van der Waals surface area contributed by atoms with Gasteiger partial charge < -0.3 is 14.6 Å². The summed E-state index contributed by atoms with van der Waals surface area (Å²) in [6.45, 7) is 1.65. The zero-order chi connectivity index (χ0) is 18.3. The van der Waals surface area contributed by atoms with E-state index in [2.05, 4.69) is 5.32 Å². The molecule has 2 aromatic carbocycles. The number of hydrogen-bond donors (Lipinski definition) is 1. The van der Waals surface area contributed by atoms with Gasteiger partial charge in [-0.15, -0.1) is 0 Å².